The van der Waals surface area contributed by atoms with Crippen LogP contribution in [-0.2, 0) is 27.8 Å². The van der Waals surface area contributed by atoms with E-state index >= 15 is 0 Å². The van der Waals surface area contributed by atoms with Gasteiger partial charge < -0.3 is 19.5 Å². The third-order valence-electron chi connectivity index (χ3n) is 6.72. The van der Waals surface area contributed by atoms with Crippen molar-refractivity contribution in [2.45, 2.75) is 44.2 Å². The summed E-state index contributed by atoms with van der Waals surface area (Å²) >= 11 is 0. The molecule has 1 heterocycles. The molecule has 184 valence electrons. The first-order chi connectivity index (χ1) is 16.7. The summed E-state index contributed by atoms with van der Waals surface area (Å²) in [5, 5.41) is 3.20. The smallest absolute Gasteiger partial charge is 0.420 e. The molecular weight excluding hydrogens is 459 g/mol. The van der Waals surface area contributed by atoms with Crippen LogP contribution >= 0.6 is 0 Å². The number of alkyl halides is 3. The van der Waals surface area contributed by atoms with Crippen LogP contribution in [0.3, 0.4) is 0 Å². The molecule has 8 heteroatoms. The number of ether oxygens (including phenoxy) is 3. The molecule has 2 aliphatic rings. The summed E-state index contributed by atoms with van der Waals surface area (Å²) in [7, 11) is 0. The molecule has 0 spiro atoms. The van der Waals surface area contributed by atoms with Gasteiger partial charge in [-0.3, -0.25) is 0 Å². The molecule has 35 heavy (non-hydrogen) atoms. The number of nitrogens with one attached hydrogen (secondary N) is 1. The number of alkyl carbamates (subject to hydrolysis) is 1. The van der Waals surface area contributed by atoms with E-state index in [1.807, 2.05) is 30.3 Å². The fourth-order valence-corrected chi connectivity index (χ4v) is 4.71. The van der Waals surface area contributed by atoms with Crippen molar-refractivity contribution in [1.82, 2.24) is 5.32 Å². The lowest BCUT2D eigenvalue weighted by atomic mass is 9.83. The van der Waals surface area contributed by atoms with Gasteiger partial charge in [0.2, 0.25) is 0 Å². The zero-order chi connectivity index (χ0) is 24.6. The Morgan fingerprint density at radius 3 is 2.54 bits per heavy atom. The van der Waals surface area contributed by atoms with E-state index in [0.717, 1.165) is 5.56 Å². The van der Waals surface area contributed by atoms with Gasteiger partial charge in [-0.25, -0.2) is 4.79 Å². The molecule has 0 aromatic heterocycles. The molecule has 0 radical (unpaired) electrons. The van der Waals surface area contributed by atoms with Gasteiger partial charge in [0.05, 0.1) is 24.9 Å². The number of amides is 1. The summed E-state index contributed by atoms with van der Waals surface area (Å²) in [6.07, 6.45) is -4.09. The standard InChI is InChI=1S/C27H26F3NO4/c1-26(16-34-25(32)31-26)20-8-9-22-19(13-20)7-10-23(24(22)27(28,29)30)35-21-11-18(12-21)15-33-14-17-5-3-2-4-6-17/h2-10,13,18,21H,11-12,14-16H2,1H3,(H,31,32)/t18?,21?,26-/m0/s1. The highest BCUT2D eigenvalue weighted by Gasteiger charge is 2.40. The Balaban J connectivity index is 1.28. The van der Waals surface area contributed by atoms with Crippen LogP contribution < -0.4 is 10.1 Å². The highest BCUT2D eigenvalue weighted by Crippen LogP contribution is 2.44. The van der Waals surface area contributed by atoms with Crippen molar-refractivity contribution >= 4 is 16.9 Å². The maximum atomic E-state index is 14.1. The zero-order valence-corrected chi connectivity index (χ0v) is 19.2. The van der Waals surface area contributed by atoms with E-state index in [2.05, 4.69) is 5.32 Å². The van der Waals surface area contributed by atoms with Crippen molar-refractivity contribution in [1.29, 1.82) is 0 Å². The first-order valence-electron chi connectivity index (χ1n) is 11.6. The van der Waals surface area contributed by atoms with E-state index < -0.39 is 23.4 Å². The van der Waals surface area contributed by atoms with Crippen molar-refractivity contribution in [2.75, 3.05) is 13.2 Å². The van der Waals surface area contributed by atoms with Crippen LogP contribution in [0.5, 0.6) is 5.75 Å². The highest BCUT2D eigenvalue weighted by atomic mass is 19.4. The van der Waals surface area contributed by atoms with Gasteiger partial charge >= 0.3 is 12.3 Å². The molecule has 1 N–H and O–H groups in total. The van der Waals surface area contributed by atoms with Gasteiger partial charge in [0.15, 0.2) is 0 Å². The molecule has 2 fully saturated rings. The number of hydrogen-bond donors (Lipinski definition) is 1. The van der Waals surface area contributed by atoms with Gasteiger partial charge in [0, 0.05) is 0 Å². The second-order valence-corrected chi connectivity index (χ2v) is 9.48. The van der Waals surface area contributed by atoms with Crippen molar-refractivity contribution in [3.63, 3.8) is 0 Å². The normalized spacial score (nSPS) is 24.1. The lowest BCUT2D eigenvalue weighted by Crippen LogP contribution is -2.37. The van der Waals surface area contributed by atoms with Crippen molar-refractivity contribution in [3.8, 4) is 5.75 Å². The Morgan fingerprint density at radius 1 is 1.09 bits per heavy atom. The molecule has 0 unspecified atom stereocenters. The topological polar surface area (TPSA) is 56.8 Å². The Morgan fingerprint density at radius 2 is 1.86 bits per heavy atom. The second kappa shape index (κ2) is 9.07. The van der Waals surface area contributed by atoms with Gasteiger partial charge in [-0.05, 0) is 59.7 Å². The molecule has 1 atom stereocenters. The Hall–Kier alpha value is -3.26. The first kappa shape index (κ1) is 23.5. The fraction of sp³-hybridized carbons (Fsp3) is 0.370. The zero-order valence-electron chi connectivity index (χ0n) is 19.2. The van der Waals surface area contributed by atoms with Crippen LogP contribution in [-0.4, -0.2) is 25.4 Å². The third kappa shape index (κ3) is 4.93. The Labute approximate surface area is 201 Å². The third-order valence-corrected chi connectivity index (χ3v) is 6.72. The van der Waals surface area contributed by atoms with E-state index in [1.54, 1.807) is 25.1 Å². The van der Waals surface area contributed by atoms with E-state index in [9.17, 15) is 18.0 Å². The van der Waals surface area contributed by atoms with Gasteiger partial charge in [0.25, 0.3) is 0 Å². The molecule has 1 aliphatic heterocycles. The number of rotatable bonds is 7. The molecule has 1 amide bonds. The van der Waals surface area contributed by atoms with E-state index in [1.165, 1.54) is 12.1 Å². The number of carbonyl (C=O) groups excluding carboxylic acids is 1. The van der Waals surface area contributed by atoms with Crippen molar-refractivity contribution < 1.29 is 32.2 Å². The molecule has 1 saturated heterocycles. The maximum absolute atomic E-state index is 14.1. The quantitative estimate of drug-likeness (QED) is 0.434. The SMILES string of the molecule is C[C@@]1(c2ccc3c(C(F)(F)F)c(OC4CC(COCc5ccccc5)C4)ccc3c2)COC(=O)N1. The number of halogens is 3. The Bertz CT molecular complexity index is 1220. The van der Waals surface area contributed by atoms with Crippen LogP contribution in [0.2, 0.25) is 0 Å². The van der Waals surface area contributed by atoms with Crippen LogP contribution in [0.1, 0.15) is 36.5 Å². The number of carbonyl (C=O) groups is 1. The van der Waals surface area contributed by atoms with Gasteiger partial charge in [-0.2, -0.15) is 13.2 Å². The maximum Gasteiger partial charge on any atom is 0.420 e. The first-order valence-corrected chi connectivity index (χ1v) is 11.6. The van der Waals surface area contributed by atoms with Crippen molar-refractivity contribution in [3.05, 3.63) is 77.4 Å². The summed E-state index contributed by atoms with van der Waals surface area (Å²) in [6, 6.07) is 17.6. The largest absolute Gasteiger partial charge is 0.490 e. The summed E-state index contributed by atoms with van der Waals surface area (Å²) in [6.45, 7) is 2.96. The summed E-state index contributed by atoms with van der Waals surface area (Å²) in [4.78, 5) is 11.5. The predicted molar refractivity (Wildman–Crippen MR) is 124 cm³/mol. The summed E-state index contributed by atoms with van der Waals surface area (Å²) < 4.78 is 58.9. The Kier molecular flexibility index (Phi) is 6.09. The molecule has 0 bridgehead atoms. The molecule has 1 saturated carbocycles. The van der Waals surface area contributed by atoms with Crippen molar-refractivity contribution in [2.24, 2.45) is 5.92 Å². The van der Waals surface area contributed by atoms with Gasteiger partial charge in [-0.1, -0.05) is 48.5 Å². The number of hydrogen-bond acceptors (Lipinski definition) is 4. The molecule has 3 aromatic carbocycles. The second-order valence-electron chi connectivity index (χ2n) is 9.48. The number of cyclic esters (lactones) is 1. The minimum Gasteiger partial charge on any atom is -0.490 e. The molecular formula is C27H26F3NO4. The van der Waals surface area contributed by atoms with Crippen LogP contribution in [0, 0.1) is 5.92 Å². The lowest BCUT2D eigenvalue weighted by Gasteiger charge is -2.36. The van der Waals surface area contributed by atoms with Gasteiger partial charge in [-0.15, -0.1) is 0 Å². The van der Waals surface area contributed by atoms with E-state index in [4.69, 9.17) is 14.2 Å². The van der Waals surface area contributed by atoms with E-state index in [0.29, 0.717) is 37.0 Å². The van der Waals surface area contributed by atoms with E-state index in [-0.39, 0.29) is 29.8 Å². The highest BCUT2D eigenvalue weighted by molar-refractivity contribution is 5.89. The monoisotopic (exact) mass is 485 g/mol. The summed E-state index contributed by atoms with van der Waals surface area (Å²) in [5.41, 5.74) is 0.199. The van der Waals surface area contributed by atoms with Gasteiger partial charge in [0.1, 0.15) is 17.9 Å². The van der Waals surface area contributed by atoms with Crippen LogP contribution in [0.25, 0.3) is 10.8 Å². The molecule has 1 aliphatic carbocycles. The fourth-order valence-electron chi connectivity index (χ4n) is 4.71. The molecule has 5 nitrogen and oxygen atoms in total. The molecule has 5 rings (SSSR count). The average molecular weight is 486 g/mol. The number of fused-ring (bicyclic) bond motifs is 1. The number of benzene rings is 3. The summed E-state index contributed by atoms with van der Waals surface area (Å²) in [5.74, 6) is 0.112. The van der Waals surface area contributed by atoms with Crippen LogP contribution in [0.15, 0.2) is 60.7 Å². The lowest BCUT2D eigenvalue weighted by molar-refractivity contribution is -0.138. The minimum absolute atomic E-state index is 0.0645. The average Bonchev–Trinajstić information content (AvgIpc) is 3.16. The molecule has 3 aromatic rings. The van der Waals surface area contributed by atoms with Crippen LogP contribution in [0.4, 0.5) is 18.0 Å². The predicted octanol–water partition coefficient (Wildman–Crippen LogP) is 6.19. The minimum atomic E-state index is -4.58.